The maximum Gasteiger partial charge on any atom is 0.275 e. The van der Waals surface area contributed by atoms with Gasteiger partial charge in [-0.3, -0.25) is 9.78 Å². The molecule has 1 N–H and O–H groups in total. The van der Waals surface area contributed by atoms with Gasteiger partial charge in [-0.25, -0.2) is 4.99 Å². The van der Waals surface area contributed by atoms with Crippen LogP contribution in [-0.2, 0) is 4.79 Å². The predicted octanol–water partition coefficient (Wildman–Crippen LogP) is 2.76. The molecule has 98 valence electrons. The normalized spacial score (nSPS) is 16.1. The summed E-state index contributed by atoms with van der Waals surface area (Å²) >= 11 is 3.38. The summed E-state index contributed by atoms with van der Waals surface area (Å²) in [6.07, 6.45) is 5.10. The number of nitrogens with one attached hydrogen (secondary N) is 1. The first kappa shape index (κ1) is 12.7. The summed E-state index contributed by atoms with van der Waals surface area (Å²) in [6, 6.07) is 11.3. The highest BCUT2D eigenvalue weighted by Crippen LogP contribution is 2.16. The fraction of sp³-hybridized carbons (Fsp3) is 0. The molecule has 1 aromatic heterocycles. The summed E-state index contributed by atoms with van der Waals surface area (Å²) in [5, 5.41) is 2.75. The molecule has 3 rings (SSSR count). The Morgan fingerprint density at radius 2 is 1.95 bits per heavy atom. The largest absolute Gasteiger partial charge is 0.305 e. The molecule has 20 heavy (non-hydrogen) atoms. The summed E-state index contributed by atoms with van der Waals surface area (Å²) in [7, 11) is 0. The Morgan fingerprint density at radius 1 is 1.15 bits per heavy atom. The van der Waals surface area contributed by atoms with Crippen LogP contribution >= 0.6 is 15.9 Å². The second kappa shape index (κ2) is 5.38. The number of amidine groups is 1. The quantitative estimate of drug-likeness (QED) is 0.862. The fourth-order valence-electron chi connectivity index (χ4n) is 1.82. The van der Waals surface area contributed by atoms with Crippen molar-refractivity contribution in [3.05, 3.63) is 70.1 Å². The van der Waals surface area contributed by atoms with E-state index in [1.807, 2.05) is 30.3 Å². The van der Waals surface area contributed by atoms with Gasteiger partial charge in [0.15, 0.2) is 0 Å². The molecule has 1 aliphatic rings. The minimum Gasteiger partial charge on any atom is -0.305 e. The van der Waals surface area contributed by atoms with Crippen molar-refractivity contribution in [1.29, 1.82) is 0 Å². The maximum atomic E-state index is 11.9. The highest BCUT2D eigenvalue weighted by atomic mass is 79.9. The van der Waals surface area contributed by atoms with Gasteiger partial charge in [-0.15, -0.1) is 0 Å². The van der Waals surface area contributed by atoms with E-state index in [1.165, 1.54) is 0 Å². The fourth-order valence-corrected chi connectivity index (χ4v) is 2.09. The van der Waals surface area contributed by atoms with Gasteiger partial charge in [0, 0.05) is 22.4 Å². The second-order valence-electron chi connectivity index (χ2n) is 4.24. The second-order valence-corrected chi connectivity index (χ2v) is 5.15. The summed E-state index contributed by atoms with van der Waals surface area (Å²) in [4.78, 5) is 20.2. The molecule has 1 amide bonds. The lowest BCUT2D eigenvalue weighted by Gasteiger charge is -1.97. The Labute approximate surface area is 124 Å². The van der Waals surface area contributed by atoms with Gasteiger partial charge in [-0.05, 0) is 35.9 Å². The minimum atomic E-state index is -0.202. The third kappa shape index (κ3) is 2.67. The maximum absolute atomic E-state index is 11.9. The Hall–Kier alpha value is -2.27. The summed E-state index contributed by atoms with van der Waals surface area (Å²) in [5.41, 5.74) is 2.11. The molecule has 0 fully saturated rings. The number of aliphatic imine (C=N–C) groups is 1. The molecular weight excluding hydrogens is 318 g/mol. The molecule has 0 bridgehead atoms. The van der Waals surface area contributed by atoms with E-state index >= 15 is 0 Å². The number of rotatable bonds is 2. The number of hydrogen-bond donors (Lipinski definition) is 1. The summed E-state index contributed by atoms with van der Waals surface area (Å²) in [5.74, 6) is 0.332. The SMILES string of the molecule is O=C1NC(c2cccnc2)=N/C1=C/c1ccc(Br)cc1. The summed E-state index contributed by atoms with van der Waals surface area (Å²) in [6.45, 7) is 0. The molecule has 1 aromatic carbocycles. The monoisotopic (exact) mass is 327 g/mol. The number of amides is 1. The van der Waals surface area contributed by atoms with E-state index in [4.69, 9.17) is 0 Å². The van der Waals surface area contributed by atoms with Crippen molar-refractivity contribution in [2.24, 2.45) is 4.99 Å². The smallest absolute Gasteiger partial charge is 0.275 e. The van der Waals surface area contributed by atoms with Crippen LogP contribution in [0.15, 0.2) is 64.0 Å². The molecule has 0 atom stereocenters. The molecule has 0 aliphatic carbocycles. The van der Waals surface area contributed by atoms with Crippen LogP contribution in [0.25, 0.3) is 6.08 Å². The van der Waals surface area contributed by atoms with Crippen molar-refractivity contribution in [3.8, 4) is 0 Å². The molecule has 0 saturated carbocycles. The van der Waals surface area contributed by atoms with Crippen LogP contribution < -0.4 is 5.32 Å². The lowest BCUT2D eigenvalue weighted by molar-refractivity contribution is -0.115. The first-order valence-electron chi connectivity index (χ1n) is 6.00. The Bertz CT molecular complexity index is 706. The standard InChI is InChI=1S/C15H10BrN3O/c16-12-5-3-10(4-6-12)8-13-15(20)19-14(18-13)11-2-1-7-17-9-11/h1-9H,(H,18,19,20)/b13-8+. The van der Waals surface area contributed by atoms with Crippen molar-refractivity contribution in [2.75, 3.05) is 0 Å². The Balaban J connectivity index is 1.92. The van der Waals surface area contributed by atoms with E-state index in [9.17, 15) is 4.79 Å². The Kier molecular flexibility index (Phi) is 3.43. The Morgan fingerprint density at radius 3 is 2.65 bits per heavy atom. The van der Waals surface area contributed by atoms with E-state index in [2.05, 4.69) is 31.2 Å². The van der Waals surface area contributed by atoms with Crippen LogP contribution in [-0.4, -0.2) is 16.7 Å². The van der Waals surface area contributed by atoms with Crippen LogP contribution in [0, 0.1) is 0 Å². The van der Waals surface area contributed by atoms with E-state index < -0.39 is 0 Å². The van der Waals surface area contributed by atoms with E-state index in [0.717, 1.165) is 15.6 Å². The number of benzene rings is 1. The van der Waals surface area contributed by atoms with Gasteiger partial charge < -0.3 is 5.32 Å². The first-order valence-corrected chi connectivity index (χ1v) is 6.79. The number of carbonyl (C=O) groups is 1. The molecule has 0 radical (unpaired) electrons. The number of nitrogens with zero attached hydrogens (tertiary/aromatic N) is 2. The molecular formula is C15H10BrN3O. The van der Waals surface area contributed by atoms with Crippen LogP contribution in [0.4, 0.5) is 0 Å². The average Bonchev–Trinajstić information content (AvgIpc) is 2.84. The molecule has 2 heterocycles. The van der Waals surface area contributed by atoms with Crippen molar-refractivity contribution >= 4 is 33.7 Å². The van der Waals surface area contributed by atoms with Gasteiger partial charge in [0.2, 0.25) is 0 Å². The van der Waals surface area contributed by atoms with Crippen LogP contribution in [0.1, 0.15) is 11.1 Å². The molecule has 0 saturated heterocycles. The number of aromatic nitrogens is 1. The van der Waals surface area contributed by atoms with E-state index in [0.29, 0.717) is 11.5 Å². The van der Waals surface area contributed by atoms with Crippen LogP contribution in [0.3, 0.4) is 0 Å². The number of carbonyl (C=O) groups excluding carboxylic acids is 1. The van der Waals surface area contributed by atoms with Gasteiger partial charge in [-0.2, -0.15) is 0 Å². The highest BCUT2D eigenvalue weighted by molar-refractivity contribution is 9.10. The summed E-state index contributed by atoms with van der Waals surface area (Å²) < 4.78 is 0.995. The molecule has 0 unspecified atom stereocenters. The molecule has 2 aromatic rings. The van der Waals surface area contributed by atoms with Crippen molar-refractivity contribution in [3.63, 3.8) is 0 Å². The number of hydrogen-bond acceptors (Lipinski definition) is 3. The average molecular weight is 328 g/mol. The number of halogens is 1. The van der Waals surface area contributed by atoms with Gasteiger partial charge in [0.05, 0.1) is 0 Å². The van der Waals surface area contributed by atoms with E-state index in [-0.39, 0.29) is 5.91 Å². The van der Waals surface area contributed by atoms with Gasteiger partial charge >= 0.3 is 0 Å². The molecule has 0 spiro atoms. The van der Waals surface area contributed by atoms with Crippen molar-refractivity contribution < 1.29 is 4.79 Å². The zero-order valence-corrected chi connectivity index (χ0v) is 12.0. The highest BCUT2D eigenvalue weighted by Gasteiger charge is 2.20. The van der Waals surface area contributed by atoms with Gasteiger partial charge in [0.25, 0.3) is 5.91 Å². The van der Waals surface area contributed by atoms with Crippen LogP contribution in [0.5, 0.6) is 0 Å². The minimum absolute atomic E-state index is 0.202. The predicted molar refractivity (Wildman–Crippen MR) is 81.0 cm³/mol. The molecule has 5 heteroatoms. The first-order chi connectivity index (χ1) is 9.72. The third-order valence-corrected chi connectivity index (χ3v) is 3.33. The molecule has 4 nitrogen and oxygen atoms in total. The zero-order valence-electron chi connectivity index (χ0n) is 10.4. The topological polar surface area (TPSA) is 54.4 Å². The van der Waals surface area contributed by atoms with Gasteiger partial charge in [-0.1, -0.05) is 28.1 Å². The molecule has 1 aliphatic heterocycles. The van der Waals surface area contributed by atoms with E-state index in [1.54, 1.807) is 24.5 Å². The van der Waals surface area contributed by atoms with Crippen molar-refractivity contribution in [1.82, 2.24) is 10.3 Å². The lowest BCUT2D eigenvalue weighted by atomic mass is 10.2. The van der Waals surface area contributed by atoms with Crippen molar-refractivity contribution in [2.45, 2.75) is 0 Å². The number of pyridine rings is 1. The lowest BCUT2D eigenvalue weighted by Crippen LogP contribution is -2.24. The zero-order chi connectivity index (χ0) is 13.9. The van der Waals surface area contributed by atoms with Gasteiger partial charge in [0.1, 0.15) is 11.5 Å². The third-order valence-electron chi connectivity index (χ3n) is 2.81. The van der Waals surface area contributed by atoms with Crippen LogP contribution in [0.2, 0.25) is 0 Å².